The predicted octanol–water partition coefficient (Wildman–Crippen LogP) is 0.838. The minimum atomic E-state index is -0.344. The summed E-state index contributed by atoms with van der Waals surface area (Å²) in [6, 6.07) is 1.54. The number of nitrogens with zero attached hydrogens (tertiary/aromatic N) is 2. The fourth-order valence-corrected chi connectivity index (χ4v) is 2.27. The quantitative estimate of drug-likeness (QED) is 0.700. The van der Waals surface area contributed by atoms with Crippen molar-refractivity contribution in [2.75, 3.05) is 10.2 Å². The Hall–Kier alpha value is -1.91. The van der Waals surface area contributed by atoms with Crippen LogP contribution in [0, 0.1) is 6.92 Å². The first kappa shape index (κ1) is 9.33. The number of hydrogen-bond acceptors (Lipinski definition) is 3. The summed E-state index contributed by atoms with van der Waals surface area (Å²) in [4.78, 5) is 29.2. The zero-order valence-electron chi connectivity index (χ0n) is 8.86. The third-order valence-corrected chi connectivity index (χ3v) is 3.02. The van der Waals surface area contributed by atoms with Gasteiger partial charge in [-0.2, -0.15) is 0 Å². The maximum Gasteiger partial charge on any atom is 0.248 e. The van der Waals surface area contributed by atoms with Crippen LogP contribution in [-0.4, -0.2) is 22.8 Å². The molecular formula is C11H11N3O2. The molecule has 1 saturated heterocycles. The zero-order chi connectivity index (χ0) is 11.3. The van der Waals surface area contributed by atoms with Crippen LogP contribution in [0.1, 0.15) is 18.4 Å². The number of pyridine rings is 1. The summed E-state index contributed by atoms with van der Waals surface area (Å²) in [5, 5.41) is 2.74. The van der Waals surface area contributed by atoms with Gasteiger partial charge in [0.1, 0.15) is 6.04 Å². The van der Waals surface area contributed by atoms with Crippen molar-refractivity contribution >= 4 is 23.3 Å². The number of aromatic nitrogens is 1. The van der Waals surface area contributed by atoms with Crippen molar-refractivity contribution in [2.24, 2.45) is 0 Å². The van der Waals surface area contributed by atoms with Gasteiger partial charge in [-0.1, -0.05) is 0 Å². The Kier molecular flexibility index (Phi) is 1.77. The Morgan fingerprint density at radius 1 is 1.50 bits per heavy atom. The topological polar surface area (TPSA) is 62.3 Å². The molecule has 2 aliphatic rings. The highest BCUT2D eigenvalue weighted by atomic mass is 16.2. The summed E-state index contributed by atoms with van der Waals surface area (Å²) in [7, 11) is 0. The molecule has 5 heteroatoms. The van der Waals surface area contributed by atoms with E-state index < -0.39 is 0 Å². The zero-order valence-corrected chi connectivity index (χ0v) is 8.86. The van der Waals surface area contributed by atoms with E-state index in [1.807, 2.05) is 13.0 Å². The molecule has 5 nitrogen and oxygen atoms in total. The van der Waals surface area contributed by atoms with Gasteiger partial charge in [0.25, 0.3) is 0 Å². The van der Waals surface area contributed by atoms with Crippen LogP contribution in [0.2, 0.25) is 0 Å². The Morgan fingerprint density at radius 2 is 2.31 bits per heavy atom. The average molecular weight is 217 g/mol. The van der Waals surface area contributed by atoms with Crippen molar-refractivity contribution in [1.29, 1.82) is 0 Å². The molecule has 16 heavy (non-hydrogen) atoms. The van der Waals surface area contributed by atoms with Gasteiger partial charge in [0.2, 0.25) is 11.8 Å². The first-order chi connectivity index (χ1) is 7.66. The van der Waals surface area contributed by atoms with Crippen LogP contribution in [0.3, 0.4) is 0 Å². The first-order valence-corrected chi connectivity index (χ1v) is 5.26. The Labute approximate surface area is 92.5 Å². The van der Waals surface area contributed by atoms with Gasteiger partial charge in [-0.05, 0) is 25.0 Å². The van der Waals surface area contributed by atoms with Crippen LogP contribution in [0.4, 0.5) is 11.5 Å². The molecule has 1 N–H and O–H groups in total. The molecule has 0 saturated carbocycles. The number of carbonyl (C=O) groups is 2. The minimum Gasteiger partial charge on any atom is -0.307 e. The summed E-state index contributed by atoms with van der Waals surface area (Å²) in [6.07, 6.45) is 2.71. The molecular weight excluding hydrogens is 206 g/mol. The van der Waals surface area contributed by atoms with Crippen molar-refractivity contribution in [3.8, 4) is 0 Å². The lowest BCUT2D eigenvalue weighted by Gasteiger charge is -2.30. The van der Waals surface area contributed by atoms with E-state index in [9.17, 15) is 9.59 Å². The maximum atomic E-state index is 11.7. The van der Waals surface area contributed by atoms with Gasteiger partial charge in [-0.25, -0.2) is 4.98 Å². The molecule has 1 atom stereocenters. The number of hydrogen-bond donors (Lipinski definition) is 1. The van der Waals surface area contributed by atoms with Crippen molar-refractivity contribution < 1.29 is 9.59 Å². The van der Waals surface area contributed by atoms with Gasteiger partial charge in [-0.15, -0.1) is 0 Å². The molecule has 82 valence electrons. The number of aryl methyl sites for hydroxylation is 1. The van der Waals surface area contributed by atoms with Gasteiger partial charge in [0, 0.05) is 12.6 Å². The van der Waals surface area contributed by atoms with Crippen LogP contribution < -0.4 is 10.2 Å². The number of carbonyl (C=O) groups excluding carboxylic acids is 2. The fraction of sp³-hybridized carbons (Fsp3) is 0.364. The van der Waals surface area contributed by atoms with Crippen LogP contribution in [0.25, 0.3) is 0 Å². The monoisotopic (exact) mass is 217 g/mol. The third-order valence-electron chi connectivity index (χ3n) is 3.02. The average Bonchev–Trinajstić information content (AvgIpc) is 2.63. The van der Waals surface area contributed by atoms with Gasteiger partial charge in [0.15, 0.2) is 5.82 Å². The van der Waals surface area contributed by atoms with Gasteiger partial charge < -0.3 is 5.32 Å². The molecule has 2 aliphatic heterocycles. The van der Waals surface area contributed by atoms with Crippen LogP contribution in [0.5, 0.6) is 0 Å². The van der Waals surface area contributed by atoms with E-state index >= 15 is 0 Å². The van der Waals surface area contributed by atoms with Gasteiger partial charge in [-0.3, -0.25) is 14.5 Å². The molecule has 1 aromatic heterocycles. The molecule has 1 aromatic rings. The molecule has 2 amide bonds. The number of rotatable bonds is 0. The smallest absolute Gasteiger partial charge is 0.248 e. The largest absolute Gasteiger partial charge is 0.307 e. The summed E-state index contributed by atoms with van der Waals surface area (Å²) >= 11 is 0. The molecule has 0 aromatic carbocycles. The Morgan fingerprint density at radius 3 is 3.12 bits per heavy atom. The molecule has 0 spiro atoms. The lowest BCUT2D eigenvalue weighted by molar-refractivity contribution is -0.120. The summed E-state index contributed by atoms with van der Waals surface area (Å²) in [6.45, 7) is 1.92. The summed E-state index contributed by atoms with van der Waals surface area (Å²) in [5.41, 5.74) is 1.71. The van der Waals surface area contributed by atoms with Gasteiger partial charge >= 0.3 is 0 Å². The molecule has 1 fully saturated rings. The maximum absolute atomic E-state index is 11.7. The van der Waals surface area contributed by atoms with Crippen molar-refractivity contribution in [3.63, 3.8) is 0 Å². The second-order valence-corrected chi connectivity index (χ2v) is 4.19. The van der Waals surface area contributed by atoms with Crippen LogP contribution >= 0.6 is 0 Å². The second-order valence-electron chi connectivity index (χ2n) is 4.19. The standard InChI is InChI=1S/C11H11N3O2/c1-6-4-8-10(12-5-6)13-11(16)7-2-3-9(15)14(7)8/h4-5,7H,2-3H2,1H3,(H,12,13,16)/t7-/m0/s1. The van der Waals surface area contributed by atoms with E-state index in [1.165, 1.54) is 0 Å². The van der Waals surface area contributed by atoms with E-state index in [0.29, 0.717) is 18.7 Å². The number of anilines is 2. The van der Waals surface area contributed by atoms with E-state index in [2.05, 4.69) is 10.3 Å². The molecule has 0 unspecified atom stereocenters. The van der Waals surface area contributed by atoms with E-state index in [-0.39, 0.29) is 17.9 Å². The van der Waals surface area contributed by atoms with Crippen molar-refractivity contribution in [1.82, 2.24) is 4.98 Å². The molecule has 3 heterocycles. The van der Waals surface area contributed by atoms with Crippen LogP contribution in [0.15, 0.2) is 12.3 Å². The van der Waals surface area contributed by atoms with E-state index in [1.54, 1.807) is 11.1 Å². The SMILES string of the molecule is Cc1cnc2c(c1)N1C(=O)CC[C@H]1C(=O)N2. The molecule has 0 bridgehead atoms. The Bertz CT molecular complexity index is 498. The van der Waals surface area contributed by atoms with Crippen LogP contribution in [-0.2, 0) is 9.59 Å². The van der Waals surface area contributed by atoms with Crippen molar-refractivity contribution in [2.45, 2.75) is 25.8 Å². The van der Waals surface area contributed by atoms with Gasteiger partial charge in [0.05, 0.1) is 5.69 Å². The Balaban J connectivity index is 2.17. The molecule has 3 rings (SSSR count). The van der Waals surface area contributed by atoms with Crippen molar-refractivity contribution in [3.05, 3.63) is 17.8 Å². The fourth-order valence-electron chi connectivity index (χ4n) is 2.27. The third kappa shape index (κ3) is 1.14. The summed E-state index contributed by atoms with van der Waals surface area (Å²) in [5.74, 6) is 0.366. The number of amides is 2. The second kappa shape index (κ2) is 3.04. The lowest BCUT2D eigenvalue weighted by Crippen LogP contribution is -2.46. The van der Waals surface area contributed by atoms with E-state index in [0.717, 1.165) is 11.3 Å². The number of nitrogens with one attached hydrogen (secondary N) is 1. The van der Waals surface area contributed by atoms with E-state index in [4.69, 9.17) is 0 Å². The highest BCUT2D eigenvalue weighted by molar-refractivity contribution is 6.13. The normalized spacial score (nSPS) is 22.8. The minimum absolute atomic E-state index is 0.00787. The lowest BCUT2D eigenvalue weighted by atomic mass is 10.1. The number of fused-ring (bicyclic) bond motifs is 3. The highest BCUT2D eigenvalue weighted by Crippen LogP contribution is 2.36. The predicted molar refractivity (Wildman–Crippen MR) is 58.1 cm³/mol. The molecule has 0 aliphatic carbocycles. The highest BCUT2D eigenvalue weighted by Gasteiger charge is 2.41. The summed E-state index contributed by atoms with van der Waals surface area (Å²) < 4.78 is 0. The molecule has 0 radical (unpaired) electrons. The first-order valence-electron chi connectivity index (χ1n) is 5.26.